The molecule has 4 nitrogen and oxygen atoms in total. The van der Waals surface area contributed by atoms with E-state index in [0.717, 1.165) is 5.69 Å². The van der Waals surface area contributed by atoms with Gasteiger partial charge in [-0.15, -0.1) is 12.4 Å². The molecule has 0 spiro atoms. The Morgan fingerprint density at radius 1 is 1.44 bits per heavy atom. The predicted octanol–water partition coefficient (Wildman–Crippen LogP) is 1.43. The summed E-state index contributed by atoms with van der Waals surface area (Å²) in [6, 6.07) is 7.39. The normalized spacial score (nSPS) is 9.19. The minimum atomic E-state index is -0.137. The minimum Gasteiger partial charge on any atom is -0.492 e. The lowest BCUT2D eigenvalue weighted by Gasteiger charge is -2.19. The van der Waals surface area contributed by atoms with Gasteiger partial charge in [0.15, 0.2) is 0 Å². The molecule has 1 aromatic rings. The number of likely N-dealkylation sites (N-methyl/N-ethyl adjacent to an activating group) is 1. The summed E-state index contributed by atoms with van der Waals surface area (Å²) in [6.07, 6.45) is 0. The first-order valence-corrected chi connectivity index (χ1v) is 4.89. The van der Waals surface area contributed by atoms with Crippen LogP contribution < -0.4 is 15.4 Å². The molecule has 0 aliphatic heterocycles. The zero-order valence-corrected chi connectivity index (χ0v) is 10.3. The number of benzene rings is 1. The third kappa shape index (κ3) is 3.40. The van der Waals surface area contributed by atoms with Crippen LogP contribution >= 0.6 is 12.4 Å². The van der Waals surface area contributed by atoms with Gasteiger partial charge >= 0.3 is 0 Å². The van der Waals surface area contributed by atoms with E-state index in [1.807, 2.05) is 31.2 Å². The molecule has 0 aliphatic rings. The molecule has 0 saturated heterocycles. The second-order valence-corrected chi connectivity index (χ2v) is 3.06. The average Bonchev–Trinajstić information content (AvgIpc) is 2.28. The second-order valence-electron chi connectivity index (χ2n) is 3.06. The van der Waals surface area contributed by atoms with E-state index in [2.05, 4.69) is 0 Å². The van der Waals surface area contributed by atoms with Gasteiger partial charge in [0.1, 0.15) is 5.75 Å². The number of carbonyl (C=O) groups excluding carboxylic acids is 1. The first kappa shape index (κ1) is 14.7. The summed E-state index contributed by atoms with van der Waals surface area (Å²) in [5.74, 6) is 0.562. The highest BCUT2D eigenvalue weighted by Gasteiger charge is 2.12. The van der Waals surface area contributed by atoms with Crippen LogP contribution in [-0.4, -0.2) is 26.1 Å². The Hall–Kier alpha value is -1.26. The predicted molar refractivity (Wildman–Crippen MR) is 67.3 cm³/mol. The number of ether oxygens (including phenoxy) is 1. The number of anilines is 1. The number of nitrogens with zero attached hydrogens (tertiary/aromatic N) is 1. The largest absolute Gasteiger partial charge is 0.492 e. The first-order chi connectivity index (χ1) is 7.20. The molecule has 0 radical (unpaired) electrons. The third-order valence-electron chi connectivity index (χ3n) is 2.08. The molecule has 0 fully saturated rings. The SMILES string of the molecule is CCOc1ccccc1N(C)C(=O)CN.Cl. The van der Waals surface area contributed by atoms with Gasteiger partial charge in [-0.25, -0.2) is 0 Å². The van der Waals surface area contributed by atoms with Crippen molar-refractivity contribution in [3.05, 3.63) is 24.3 Å². The number of hydrogen-bond acceptors (Lipinski definition) is 3. The molecule has 0 saturated carbocycles. The Bertz CT molecular complexity index is 345. The molecule has 0 atom stereocenters. The molecule has 0 aromatic heterocycles. The molecular weight excluding hydrogens is 228 g/mol. The summed E-state index contributed by atoms with van der Waals surface area (Å²) in [7, 11) is 1.69. The molecule has 0 unspecified atom stereocenters. The van der Waals surface area contributed by atoms with Crippen LogP contribution in [0.25, 0.3) is 0 Å². The molecule has 1 rings (SSSR count). The molecule has 90 valence electrons. The van der Waals surface area contributed by atoms with E-state index >= 15 is 0 Å². The van der Waals surface area contributed by atoms with Crippen LogP contribution in [0.15, 0.2) is 24.3 Å². The van der Waals surface area contributed by atoms with Crippen molar-refractivity contribution >= 4 is 24.0 Å². The highest BCUT2D eigenvalue weighted by Crippen LogP contribution is 2.26. The van der Waals surface area contributed by atoms with E-state index < -0.39 is 0 Å². The minimum absolute atomic E-state index is 0. The van der Waals surface area contributed by atoms with Crippen LogP contribution in [0.4, 0.5) is 5.69 Å². The Morgan fingerprint density at radius 3 is 2.62 bits per heavy atom. The van der Waals surface area contributed by atoms with Crippen molar-refractivity contribution in [3.8, 4) is 5.75 Å². The monoisotopic (exact) mass is 244 g/mol. The van der Waals surface area contributed by atoms with Crippen molar-refractivity contribution in [2.24, 2.45) is 5.73 Å². The highest BCUT2D eigenvalue weighted by molar-refractivity contribution is 5.95. The quantitative estimate of drug-likeness (QED) is 0.872. The summed E-state index contributed by atoms with van der Waals surface area (Å²) >= 11 is 0. The highest BCUT2D eigenvalue weighted by atomic mass is 35.5. The zero-order chi connectivity index (χ0) is 11.3. The molecular formula is C11H17ClN2O2. The van der Waals surface area contributed by atoms with Crippen LogP contribution in [0.3, 0.4) is 0 Å². The average molecular weight is 245 g/mol. The molecule has 16 heavy (non-hydrogen) atoms. The number of hydrogen-bond donors (Lipinski definition) is 1. The smallest absolute Gasteiger partial charge is 0.240 e. The summed E-state index contributed by atoms with van der Waals surface area (Å²) in [5, 5.41) is 0. The van der Waals surface area contributed by atoms with Gasteiger partial charge in [0.2, 0.25) is 5.91 Å². The van der Waals surface area contributed by atoms with E-state index in [1.165, 1.54) is 4.90 Å². The topological polar surface area (TPSA) is 55.6 Å². The van der Waals surface area contributed by atoms with Gasteiger partial charge in [-0.2, -0.15) is 0 Å². The molecule has 1 amide bonds. The number of nitrogens with two attached hydrogens (primary N) is 1. The molecule has 0 heterocycles. The lowest BCUT2D eigenvalue weighted by molar-refractivity contribution is -0.117. The van der Waals surface area contributed by atoms with E-state index in [9.17, 15) is 4.79 Å². The molecule has 5 heteroatoms. The Morgan fingerprint density at radius 2 is 2.06 bits per heavy atom. The Balaban J connectivity index is 0.00000225. The van der Waals surface area contributed by atoms with Crippen LogP contribution in [0.5, 0.6) is 5.75 Å². The van der Waals surface area contributed by atoms with Gasteiger partial charge in [-0.3, -0.25) is 4.79 Å². The van der Waals surface area contributed by atoms with Gasteiger partial charge in [0.25, 0.3) is 0 Å². The Kier molecular flexibility index (Phi) is 6.53. The van der Waals surface area contributed by atoms with E-state index in [1.54, 1.807) is 7.05 Å². The maximum absolute atomic E-state index is 11.4. The summed E-state index contributed by atoms with van der Waals surface area (Å²) in [4.78, 5) is 12.9. The first-order valence-electron chi connectivity index (χ1n) is 4.89. The molecule has 0 bridgehead atoms. The van der Waals surface area contributed by atoms with E-state index in [4.69, 9.17) is 10.5 Å². The standard InChI is InChI=1S/C11H16N2O2.ClH/c1-3-15-10-7-5-4-6-9(10)13(2)11(14)8-12;/h4-7H,3,8,12H2,1-2H3;1H. The lowest BCUT2D eigenvalue weighted by Crippen LogP contribution is -2.32. The van der Waals surface area contributed by atoms with E-state index in [-0.39, 0.29) is 24.9 Å². The van der Waals surface area contributed by atoms with Gasteiger partial charge < -0.3 is 15.4 Å². The summed E-state index contributed by atoms with van der Waals surface area (Å²) < 4.78 is 5.42. The van der Waals surface area contributed by atoms with Crippen LogP contribution in [0.2, 0.25) is 0 Å². The fourth-order valence-corrected chi connectivity index (χ4v) is 1.28. The number of para-hydroxylation sites is 2. The van der Waals surface area contributed by atoms with Crippen molar-refractivity contribution in [2.75, 3.05) is 25.1 Å². The maximum atomic E-state index is 11.4. The van der Waals surface area contributed by atoms with Crippen LogP contribution in [0.1, 0.15) is 6.92 Å². The van der Waals surface area contributed by atoms with Gasteiger partial charge in [0.05, 0.1) is 18.8 Å². The molecule has 1 aromatic carbocycles. The lowest BCUT2D eigenvalue weighted by atomic mass is 10.2. The Labute approximate surface area is 102 Å². The third-order valence-corrected chi connectivity index (χ3v) is 2.08. The number of rotatable bonds is 4. The van der Waals surface area contributed by atoms with Gasteiger partial charge in [-0.05, 0) is 19.1 Å². The molecule has 0 aliphatic carbocycles. The van der Waals surface area contributed by atoms with Crippen LogP contribution in [-0.2, 0) is 4.79 Å². The summed E-state index contributed by atoms with van der Waals surface area (Å²) in [5.41, 5.74) is 6.05. The zero-order valence-electron chi connectivity index (χ0n) is 9.47. The van der Waals surface area contributed by atoms with Crippen molar-refractivity contribution < 1.29 is 9.53 Å². The van der Waals surface area contributed by atoms with Crippen molar-refractivity contribution in [1.29, 1.82) is 0 Å². The summed E-state index contributed by atoms with van der Waals surface area (Å²) in [6.45, 7) is 2.47. The fourth-order valence-electron chi connectivity index (χ4n) is 1.28. The van der Waals surface area contributed by atoms with Gasteiger partial charge in [-0.1, -0.05) is 12.1 Å². The van der Waals surface area contributed by atoms with Crippen molar-refractivity contribution in [1.82, 2.24) is 0 Å². The molecule has 2 N–H and O–H groups in total. The second kappa shape index (κ2) is 7.09. The fraction of sp³-hybridized carbons (Fsp3) is 0.364. The van der Waals surface area contributed by atoms with Crippen LogP contribution in [0, 0.1) is 0 Å². The number of carbonyl (C=O) groups is 1. The van der Waals surface area contributed by atoms with Gasteiger partial charge in [0, 0.05) is 7.05 Å². The van der Waals surface area contributed by atoms with Crippen molar-refractivity contribution in [2.45, 2.75) is 6.92 Å². The maximum Gasteiger partial charge on any atom is 0.240 e. The number of amides is 1. The van der Waals surface area contributed by atoms with Crippen molar-refractivity contribution in [3.63, 3.8) is 0 Å². The van der Waals surface area contributed by atoms with E-state index in [0.29, 0.717) is 12.4 Å². The number of halogens is 1.